The van der Waals surface area contributed by atoms with Gasteiger partial charge in [-0.2, -0.15) is 5.10 Å². The van der Waals surface area contributed by atoms with Crippen LogP contribution in [0.5, 0.6) is 0 Å². The van der Waals surface area contributed by atoms with Gasteiger partial charge in [0, 0.05) is 37.2 Å². The average molecular weight is 533 g/mol. The minimum atomic E-state index is -1.82. The van der Waals surface area contributed by atoms with Gasteiger partial charge in [-0.1, -0.05) is 18.6 Å². The molecule has 2 saturated heterocycles. The van der Waals surface area contributed by atoms with Gasteiger partial charge in [0.1, 0.15) is 11.6 Å². The number of unbranched alkanes of at least 4 members (excludes halogenated alkanes) is 2. The number of benzene rings is 1. The summed E-state index contributed by atoms with van der Waals surface area (Å²) < 4.78 is 23.8. The Hall–Kier alpha value is -3.05. The number of rotatable bonds is 9. The van der Waals surface area contributed by atoms with Crippen molar-refractivity contribution in [1.29, 1.82) is 0 Å². The molecule has 2 atom stereocenters. The normalized spacial score (nSPS) is 22.1. The first-order valence-electron chi connectivity index (χ1n) is 13.5. The zero-order valence-corrected chi connectivity index (χ0v) is 21.9. The van der Waals surface area contributed by atoms with E-state index in [9.17, 15) is 9.18 Å². The Bertz CT molecular complexity index is 1150. The number of piperidine rings is 1. The van der Waals surface area contributed by atoms with Crippen molar-refractivity contribution < 1.29 is 28.9 Å². The Balaban J connectivity index is 0.000000505. The molecule has 1 aromatic carbocycles. The van der Waals surface area contributed by atoms with E-state index in [-0.39, 0.29) is 17.6 Å². The lowest BCUT2D eigenvalue weighted by molar-refractivity contribution is -0.159. The first kappa shape index (κ1) is 28.0. The molecule has 0 spiro atoms. The van der Waals surface area contributed by atoms with Gasteiger partial charge in [0.15, 0.2) is 0 Å². The van der Waals surface area contributed by atoms with Gasteiger partial charge < -0.3 is 14.9 Å². The molecule has 2 unspecified atom stereocenters. The number of aliphatic carboxylic acids is 2. The van der Waals surface area contributed by atoms with Crippen LogP contribution in [0.2, 0.25) is 0 Å². The maximum atomic E-state index is 14.1. The molecule has 11 heteroatoms. The van der Waals surface area contributed by atoms with E-state index in [1.54, 1.807) is 10.7 Å². The van der Waals surface area contributed by atoms with E-state index >= 15 is 0 Å². The molecule has 1 aromatic heterocycles. The molecule has 2 bridgehead atoms. The molecular formula is C27H37FN4O6. The lowest BCUT2D eigenvalue weighted by atomic mass is 9.99. The number of fused-ring (bicyclic) bond motifs is 3. The summed E-state index contributed by atoms with van der Waals surface area (Å²) in [5.74, 6) is -2.85. The number of hydrogen-bond donors (Lipinski definition) is 2. The SMILES string of the molecule is Cc1cccc(F)c1COC1CC2CCC(C1)N2CCCCCn1nc2n(c1=O)CCC2.O=C(O)C(=O)O. The second-order valence-electron chi connectivity index (χ2n) is 10.4. The number of aromatic nitrogens is 3. The van der Waals surface area contributed by atoms with Gasteiger partial charge in [0.05, 0.1) is 12.7 Å². The second kappa shape index (κ2) is 12.7. The van der Waals surface area contributed by atoms with E-state index in [2.05, 4.69) is 10.00 Å². The lowest BCUT2D eigenvalue weighted by Crippen LogP contribution is -2.45. The fourth-order valence-electron chi connectivity index (χ4n) is 5.95. The van der Waals surface area contributed by atoms with Crippen LogP contribution in [0.15, 0.2) is 23.0 Å². The van der Waals surface area contributed by atoms with Gasteiger partial charge in [-0.05, 0) is 70.0 Å². The number of aryl methyl sites for hydroxylation is 3. The summed E-state index contributed by atoms with van der Waals surface area (Å²) in [7, 11) is 0. The zero-order chi connectivity index (χ0) is 27.2. The minimum absolute atomic E-state index is 0.0724. The highest BCUT2D eigenvalue weighted by atomic mass is 19.1. The van der Waals surface area contributed by atoms with Crippen molar-refractivity contribution in [1.82, 2.24) is 19.2 Å². The maximum absolute atomic E-state index is 14.1. The van der Waals surface area contributed by atoms with Gasteiger partial charge in [0.2, 0.25) is 0 Å². The Morgan fingerprint density at radius 2 is 1.76 bits per heavy atom. The summed E-state index contributed by atoms with van der Waals surface area (Å²) in [4.78, 5) is 33.2. The van der Waals surface area contributed by atoms with Crippen molar-refractivity contribution in [2.24, 2.45) is 0 Å². The fourth-order valence-corrected chi connectivity index (χ4v) is 5.95. The molecule has 38 heavy (non-hydrogen) atoms. The first-order chi connectivity index (χ1) is 18.2. The van der Waals surface area contributed by atoms with Crippen LogP contribution in [0.1, 0.15) is 68.3 Å². The summed E-state index contributed by atoms with van der Waals surface area (Å²) in [6.45, 7) is 5.01. The summed E-state index contributed by atoms with van der Waals surface area (Å²) in [6, 6.07) is 6.42. The highest BCUT2D eigenvalue weighted by molar-refractivity contribution is 6.27. The lowest BCUT2D eigenvalue weighted by Gasteiger charge is -2.39. The van der Waals surface area contributed by atoms with Gasteiger partial charge in [0.25, 0.3) is 0 Å². The topological polar surface area (TPSA) is 127 Å². The molecule has 5 rings (SSSR count). The summed E-state index contributed by atoms with van der Waals surface area (Å²) in [6.07, 6.45) is 10.1. The molecule has 2 aromatic rings. The smallest absolute Gasteiger partial charge is 0.414 e. The minimum Gasteiger partial charge on any atom is -0.473 e. The number of halogens is 1. The molecule has 10 nitrogen and oxygen atoms in total. The van der Waals surface area contributed by atoms with E-state index in [4.69, 9.17) is 24.5 Å². The molecule has 0 saturated carbocycles. The Morgan fingerprint density at radius 3 is 2.39 bits per heavy atom. The number of carboxylic acids is 2. The molecule has 0 radical (unpaired) electrons. The van der Waals surface area contributed by atoms with Crippen LogP contribution < -0.4 is 5.69 Å². The predicted molar refractivity (Wildman–Crippen MR) is 136 cm³/mol. The first-order valence-corrected chi connectivity index (χ1v) is 13.5. The van der Waals surface area contributed by atoms with Crippen LogP contribution >= 0.6 is 0 Å². The zero-order valence-electron chi connectivity index (χ0n) is 21.9. The van der Waals surface area contributed by atoms with Crippen LogP contribution in [0.4, 0.5) is 4.39 Å². The Kier molecular flexibility index (Phi) is 9.32. The van der Waals surface area contributed by atoms with Crippen molar-refractivity contribution in [3.63, 3.8) is 0 Å². The molecule has 2 N–H and O–H groups in total. The van der Waals surface area contributed by atoms with Crippen molar-refractivity contribution in [2.75, 3.05) is 6.54 Å². The molecule has 3 aliphatic heterocycles. The van der Waals surface area contributed by atoms with E-state index in [0.717, 1.165) is 76.0 Å². The average Bonchev–Trinajstić information content (AvgIpc) is 3.52. The van der Waals surface area contributed by atoms with Crippen molar-refractivity contribution >= 4 is 11.9 Å². The van der Waals surface area contributed by atoms with Crippen LogP contribution in [-0.2, 0) is 40.4 Å². The highest BCUT2D eigenvalue weighted by Crippen LogP contribution is 2.37. The summed E-state index contributed by atoms with van der Waals surface area (Å²) >= 11 is 0. The van der Waals surface area contributed by atoms with E-state index in [0.29, 0.717) is 24.3 Å². The van der Waals surface area contributed by atoms with Crippen molar-refractivity contribution in [3.8, 4) is 0 Å². The molecule has 4 heterocycles. The number of ether oxygens (including phenoxy) is 1. The number of hydrogen-bond acceptors (Lipinski definition) is 6. The third-order valence-corrected chi connectivity index (χ3v) is 7.91. The van der Waals surface area contributed by atoms with Crippen molar-refractivity contribution in [3.05, 3.63) is 51.5 Å². The van der Waals surface area contributed by atoms with Crippen LogP contribution in [0.25, 0.3) is 0 Å². The largest absolute Gasteiger partial charge is 0.473 e. The van der Waals surface area contributed by atoms with E-state index in [1.165, 1.54) is 18.9 Å². The summed E-state index contributed by atoms with van der Waals surface area (Å²) in [5.41, 5.74) is 1.74. The predicted octanol–water partition coefficient (Wildman–Crippen LogP) is 2.98. The number of carboxylic acid groups (broad SMARTS) is 2. The third kappa shape index (κ3) is 6.68. The van der Waals surface area contributed by atoms with Gasteiger partial charge in [-0.25, -0.2) is 23.5 Å². The number of carbonyl (C=O) groups is 2. The quantitative estimate of drug-likeness (QED) is 0.373. The Morgan fingerprint density at radius 1 is 1.08 bits per heavy atom. The number of nitrogens with zero attached hydrogens (tertiary/aromatic N) is 4. The highest BCUT2D eigenvalue weighted by Gasteiger charge is 2.40. The molecule has 208 valence electrons. The van der Waals surface area contributed by atoms with Gasteiger partial charge in [-0.15, -0.1) is 0 Å². The molecule has 2 fully saturated rings. The van der Waals surface area contributed by atoms with Gasteiger partial charge in [-0.3, -0.25) is 9.47 Å². The van der Waals surface area contributed by atoms with Crippen LogP contribution in [0.3, 0.4) is 0 Å². The molecular weight excluding hydrogens is 495 g/mol. The van der Waals surface area contributed by atoms with E-state index < -0.39 is 11.9 Å². The monoisotopic (exact) mass is 532 g/mol. The molecule has 3 aliphatic rings. The maximum Gasteiger partial charge on any atom is 0.414 e. The molecule has 0 amide bonds. The standard InChI is InChI=1S/C25H35FN4O2.C2H2O4/c1-18-7-5-8-23(26)22(18)17-32-21-15-19-10-11-20(16-21)28(19)12-3-2-4-14-30-25(31)29-13-6-9-24(29)27-30;3-1(4)2(5)6/h5,7-8,19-21H,2-4,6,9-17H2,1H3;(H,3,4)(H,5,6). The summed E-state index contributed by atoms with van der Waals surface area (Å²) in [5, 5.41) is 19.3. The van der Waals surface area contributed by atoms with Crippen molar-refractivity contribution in [2.45, 2.75) is 103 Å². The third-order valence-electron chi connectivity index (χ3n) is 7.91. The van der Waals surface area contributed by atoms with Crippen LogP contribution in [0, 0.1) is 12.7 Å². The fraction of sp³-hybridized carbons (Fsp3) is 0.630. The van der Waals surface area contributed by atoms with Gasteiger partial charge >= 0.3 is 17.6 Å². The molecule has 0 aliphatic carbocycles. The van der Waals surface area contributed by atoms with Crippen LogP contribution in [-0.4, -0.2) is 66.1 Å². The van der Waals surface area contributed by atoms with E-state index in [1.807, 2.05) is 17.6 Å². The Labute approximate surface area is 221 Å². The second-order valence-corrected chi connectivity index (χ2v) is 10.4.